The van der Waals surface area contributed by atoms with Crippen molar-refractivity contribution in [3.63, 3.8) is 0 Å². The number of piperidine rings is 1. The number of amides is 2. The molecule has 1 aromatic carbocycles. The Bertz CT molecular complexity index is 1250. The Hall–Kier alpha value is -3.75. The number of fused-ring (bicyclic) bond motifs is 3. The summed E-state index contributed by atoms with van der Waals surface area (Å²) in [5.74, 6) is 0.579. The Morgan fingerprint density at radius 1 is 1.15 bits per heavy atom. The second-order valence-electron chi connectivity index (χ2n) is 9.99. The van der Waals surface area contributed by atoms with E-state index >= 15 is 0 Å². The van der Waals surface area contributed by atoms with Crippen LogP contribution in [0.3, 0.4) is 0 Å². The molecule has 0 spiro atoms. The topological polar surface area (TPSA) is 130 Å². The van der Waals surface area contributed by atoms with Crippen LogP contribution in [0.15, 0.2) is 30.5 Å². The molecule has 0 atom stereocenters. The summed E-state index contributed by atoms with van der Waals surface area (Å²) < 4.78 is 0. The van der Waals surface area contributed by atoms with Gasteiger partial charge in [0, 0.05) is 36.1 Å². The lowest BCUT2D eigenvalue weighted by molar-refractivity contribution is 0.0697. The lowest BCUT2D eigenvalue weighted by Crippen LogP contribution is -2.37. The van der Waals surface area contributed by atoms with Gasteiger partial charge in [-0.2, -0.15) is 5.10 Å². The molecule has 3 aromatic rings. The van der Waals surface area contributed by atoms with Crippen LogP contribution in [0.2, 0.25) is 0 Å². The number of aromatic nitrogens is 4. The zero-order valence-corrected chi connectivity index (χ0v) is 19.7. The third-order valence-electron chi connectivity index (χ3n) is 6.87. The highest BCUT2D eigenvalue weighted by Crippen LogP contribution is 2.42. The minimum Gasteiger partial charge on any atom is -0.368 e. The highest BCUT2D eigenvalue weighted by molar-refractivity contribution is 6.05. The smallest absolute Gasteiger partial charge is 0.273 e. The molecule has 9 heteroatoms. The zero-order valence-electron chi connectivity index (χ0n) is 19.7. The number of hydrogen-bond donors (Lipinski definition) is 3. The number of nitrogens with one attached hydrogen (secondary N) is 2. The molecule has 2 aliphatic rings. The Kier molecular flexibility index (Phi) is 5.34. The Labute approximate surface area is 198 Å². The van der Waals surface area contributed by atoms with Crippen molar-refractivity contribution >= 4 is 23.5 Å². The molecule has 0 unspecified atom stereocenters. The lowest BCUT2D eigenvalue weighted by Gasteiger charge is -2.31. The normalized spacial score (nSPS) is 17.1. The van der Waals surface area contributed by atoms with E-state index in [0.29, 0.717) is 40.7 Å². The number of aromatic amines is 1. The Morgan fingerprint density at radius 2 is 1.85 bits per heavy atom. The summed E-state index contributed by atoms with van der Waals surface area (Å²) in [6.07, 6.45) is 4.47. The fourth-order valence-electron chi connectivity index (χ4n) is 4.94. The van der Waals surface area contributed by atoms with Gasteiger partial charge in [-0.1, -0.05) is 20.8 Å². The van der Waals surface area contributed by atoms with Crippen LogP contribution in [-0.2, 0) is 11.8 Å². The minimum atomic E-state index is -0.344. The summed E-state index contributed by atoms with van der Waals surface area (Å²) in [5.41, 5.74) is 10.1. The van der Waals surface area contributed by atoms with E-state index in [1.54, 1.807) is 30.5 Å². The highest BCUT2D eigenvalue weighted by atomic mass is 16.2. The molecule has 2 amide bonds. The molecule has 0 radical (unpaired) electrons. The predicted octanol–water partition coefficient (Wildman–Crippen LogP) is 3.41. The third-order valence-corrected chi connectivity index (χ3v) is 6.87. The van der Waals surface area contributed by atoms with Crippen LogP contribution in [0.1, 0.15) is 65.6 Å². The number of carbonyl (C=O) groups excluding carboxylic acids is 2. The van der Waals surface area contributed by atoms with Gasteiger partial charge in [-0.25, -0.2) is 9.97 Å². The van der Waals surface area contributed by atoms with E-state index in [0.717, 1.165) is 37.1 Å². The maximum absolute atomic E-state index is 13.2. The SMILES string of the molecule is CC1CCN(C(=O)c2ccc(NC(=O)c3[nH]nc4c3C(C)(C)Cc3cnc(N)nc3-4)cc2)CC1. The number of anilines is 2. The van der Waals surface area contributed by atoms with E-state index in [4.69, 9.17) is 5.73 Å². The van der Waals surface area contributed by atoms with Gasteiger partial charge in [0.2, 0.25) is 5.95 Å². The number of rotatable bonds is 3. The molecule has 0 saturated carbocycles. The molecule has 3 heterocycles. The Balaban J connectivity index is 1.35. The van der Waals surface area contributed by atoms with E-state index in [9.17, 15) is 9.59 Å². The average molecular weight is 460 g/mol. The van der Waals surface area contributed by atoms with Gasteiger partial charge in [-0.3, -0.25) is 14.7 Å². The van der Waals surface area contributed by atoms with E-state index in [1.165, 1.54) is 0 Å². The van der Waals surface area contributed by atoms with Gasteiger partial charge in [-0.15, -0.1) is 0 Å². The average Bonchev–Trinajstić information content (AvgIpc) is 3.27. The summed E-state index contributed by atoms with van der Waals surface area (Å²) in [6, 6.07) is 7.04. The van der Waals surface area contributed by atoms with Crippen LogP contribution in [-0.4, -0.2) is 50.0 Å². The molecule has 9 nitrogen and oxygen atoms in total. The fourth-order valence-corrected chi connectivity index (χ4v) is 4.94. The lowest BCUT2D eigenvalue weighted by atomic mass is 9.73. The zero-order chi connectivity index (χ0) is 24.0. The van der Waals surface area contributed by atoms with E-state index in [2.05, 4.69) is 46.3 Å². The van der Waals surface area contributed by atoms with E-state index in [-0.39, 0.29) is 23.2 Å². The maximum atomic E-state index is 13.2. The van der Waals surface area contributed by atoms with Crippen molar-refractivity contribution in [3.8, 4) is 11.4 Å². The molecule has 4 N–H and O–H groups in total. The molecule has 1 aliphatic carbocycles. The van der Waals surface area contributed by atoms with Crippen LogP contribution in [0.25, 0.3) is 11.4 Å². The molecule has 1 aliphatic heterocycles. The van der Waals surface area contributed by atoms with Crippen LogP contribution in [0.5, 0.6) is 0 Å². The summed E-state index contributed by atoms with van der Waals surface area (Å²) in [4.78, 5) is 36.4. The summed E-state index contributed by atoms with van der Waals surface area (Å²) >= 11 is 0. The van der Waals surface area contributed by atoms with Crippen molar-refractivity contribution in [2.45, 2.75) is 45.4 Å². The summed E-state index contributed by atoms with van der Waals surface area (Å²) in [5, 5.41) is 10.2. The van der Waals surface area contributed by atoms with Crippen molar-refractivity contribution in [1.29, 1.82) is 0 Å². The molecule has 176 valence electrons. The number of nitrogens with two attached hydrogens (primary N) is 1. The van der Waals surface area contributed by atoms with Gasteiger partial charge < -0.3 is 16.0 Å². The number of nitrogen functional groups attached to an aromatic ring is 1. The molecule has 5 rings (SSSR count). The standard InChI is InChI=1S/C25H29N7O2/c1-14-8-10-32(11-9-14)23(34)15-4-6-17(7-5-15)28-22(33)21-18-20(30-31-21)19-16(12-25(18,2)3)13-27-24(26)29-19/h4-7,13-14H,8-12H2,1-3H3,(H,28,33)(H,30,31)(H2,26,27,29). The first-order chi connectivity index (χ1) is 16.2. The fraction of sp³-hybridized carbons (Fsp3) is 0.400. The van der Waals surface area contributed by atoms with Crippen molar-refractivity contribution in [1.82, 2.24) is 25.1 Å². The van der Waals surface area contributed by atoms with Crippen LogP contribution >= 0.6 is 0 Å². The van der Waals surface area contributed by atoms with Crippen LogP contribution in [0, 0.1) is 5.92 Å². The van der Waals surface area contributed by atoms with Crippen molar-refractivity contribution in [2.75, 3.05) is 24.1 Å². The van der Waals surface area contributed by atoms with Gasteiger partial charge >= 0.3 is 0 Å². The molecule has 2 aromatic heterocycles. The predicted molar refractivity (Wildman–Crippen MR) is 129 cm³/mol. The van der Waals surface area contributed by atoms with Crippen molar-refractivity contribution < 1.29 is 9.59 Å². The second kappa shape index (κ2) is 8.23. The Morgan fingerprint density at radius 3 is 2.56 bits per heavy atom. The minimum absolute atomic E-state index is 0.0362. The molecular weight excluding hydrogens is 430 g/mol. The molecule has 1 fully saturated rings. The van der Waals surface area contributed by atoms with Crippen LogP contribution < -0.4 is 11.1 Å². The van der Waals surface area contributed by atoms with Gasteiger partial charge in [-0.05, 0) is 60.4 Å². The van der Waals surface area contributed by atoms with Gasteiger partial charge in [0.15, 0.2) is 0 Å². The number of benzene rings is 1. The first-order valence-corrected chi connectivity index (χ1v) is 11.6. The maximum Gasteiger partial charge on any atom is 0.273 e. The summed E-state index contributed by atoms with van der Waals surface area (Å²) in [6.45, 7) is 7.94. The highest BCUT2D eigenvalue weighted by Gasteiger charge is 2.38. The van der Waals surface area contributed by atoms with Crippen molar-refractivity contribution in [3.05, 3.63) is 52.8 Å². The number of likely N-dealkylation sites (tertiary alicyclic amines) is 1. The van der Waals surface area contributed by atoms with E-state index < -0.39 is 0 Å². The molecule has 1 saturated heterocycles. The summed E-state index contributed by atoms with van der Waals surface area (Å²) in [7, 11) is 0. The van der Waals surface area contributed by atoms with Gasteiger partial charge in [0.25, 0.3) is 11.8 Å². The third kappa shape index (κ3) is 3.91. The number of hydrogen-bond acceptors (Lipinski definition) is 6. The second-order valence-corrected chi connectivity index (χ2v) is 9.99. The van der Waals surface area contributed by atoms with Crippen LogP contribution in [0.4, 0.5) is 11.6 Å². The number of carbonyl (C=O) groups is 2. The first-order valence-electron chi connectivity index (χ1n) is 11.6. The first kappa shape index (κ1) is 22.1. The van der Waals surface area contributed by atoms with E-state index in [1.807, 2.05) is 4.90 Å². The number of H-pyrrole nitrogens is 1. The quantitative estimate of drug-likeness (QED) is 0.550. The monoisotopic (exact) mass is 459 g/mol. The molecule has 0 bridgehead atoms. The number of nitrogens with zero attached hydrogens (tertiary/aromatic N) is 4. The molecule has 34 heavy (non-hydrogen) atoms. The van der Waals surface area contributed by atoms with Gasteiger partial charge in [0.1, 0.15) is 11.4 Å². The van der Waals surface area contributed by atoms with Gasteiger partial charge in [0.05, 0.1) is 5.69 Å². The van der Waals surface area contributed by atoms with Crippen molar-refractivity contribution in [2.24, 2.45) is 5.92 Å². The molecular formula is C25H29N7O2. The largest absolute Gasteiger partial charge is 0.368 e.